The lowest BCUT2D eigenvalue weighted by Gasteiger charge is -2.11. The van der Waals surface area contributed by atoms with Crippen molar-refractivity contribution in [2.45, 2.75) is 12.7 Å². The number of esters is 1. The average Bonchev–Trinajstić information content (AvgIpc) is 2.21. The molecule has 1 aromatic rings. The van der Waals surface area contributed by atoms with Crippen LogP contribution in [-0.2, 0) is 20.3 Å². The molecule has 0 aliphatic heterocycles. The number of nitrogen functional groups attached to an aromatic ring is 1. The predicted molar refractivity (Wildman–Crippen MR) is 70.4 cm³/mol. The van der Waals surface area contributed by atoms with Gasteiger partial charge in [0.25, 0.3) is 0 Å². The summed E-state index contributed by atoms with van der Waals surface area (Å²) < 4.78 is 27.3. The maximum Gasteiger partial charge on any atom is 0.341 e. The molecular formula is C11H14ClNO4S. The smallest absolute Gasteiger partial charge is 0.341 e. The highest BCUT2D eigenvalue weighted by Crippen LogP contribution is 2.27. The Morgan fingerprint density at radius 1 is 1.44 bits per heavy atom. The van der Waals surface area contributed by atoms with Gasteiger partial charge in [-0.25, -0.2) is 13.2 Å². The number of halogens is 1. The number of ether oxygens (including phenoxy) is 1. The van der Waals surface area contributed by atoms with E-state index in [9.17, 15) is 13.2 Å². The maximum atomic E-state index is 11.7. The first-order chi connectivity index (χ1) is 8.26. The highest BCUT2D eigenvalue weighted by atomic mass is 35.5. The lowest BCUT2D eigenvalue weighted by atomic mass is 10.1. The number of sulfone groups is 1. The van der Waals surface area contributed by atoms with Crippen molar-refractivity contribution in [3.8, 4) is 0 Å². The number of hydrogen-bond acceptors (Lipinski definition) is 5. The fourth-order valence-corrected chi connectivity index (χ4v) is 2.51. The van der Waals surface area contributed by atoms with Crippen LogP contribution >= 0.6 is 11.6 Å². The molecule has 0 spiro atoms. The molecule has 0 saturated carbocycles. The Morgan fingerprint density at radius 3 is 2.56 bits per heavy atom. The summed E-state index contributed by atoms with van der Waals surface area (Å²) in [4.78, 5) is 11.7. The van der Waals surface area contributed by atoms with E-state index in [1.807, 2.05) is 0 Å². The quantitative estimate of drug-likeness (QED) is 0.673. The van der Waals surface area contributed by atoms with Gasteiger partial charge in [-0.05, 0) is 18.6 Å². The second kappa shape index (κ2) is 5.58. The van der Waals surface area contributed by atoms with E-state index in [-0.39, 0.29) is 28.6 Å². The number of carbonyl (C=O) groups is 1. The van der Waals surface area contributed by atoms with Crippen LogP contribution in [0.2, 0.25) is 5.02 Å². The molecule has 0 unspecified atom stereocenters. The highest BCUT2D eigenvalue weighted by molar-refractivity contribution is 7.89. The van der Waals surface area contributed by atoms with Gasteiger partial charge in [-0.2, -0.15) is 0 Å². The zero-order valence-corrected chi connectivity index (χ0v) is 11.6. The van der Waals surface area contributed by atoms with Gasteiger partial charge in [0.1, 0.15) is 5.56 Å². The maximum absolute atomic E-state index is 11.7. The molecule has 2 N–H and O–H groups in total. The summed E-state index contributed by atoms with van der Waals surface area (Å²) in [5.41, 5.74) is 6.17. The fourth-order valence-electron chi connectivity index (χ4n) is 1.46. The molecule has 1 aromatic carbocycles. The summed E-state index contributed by atoms with van der Waals surface area (Å²) >= 11 is 5.87. The van der Waals surface area contributed by atoms with Gasteiger partial charge in [0, 0.05) is 6.26 Å². The van der Waals surface area contributed by atoms with Gasteiger partial charge < -0.3 is 10.5 Å². The summed E-state index contributed by atoms with van der Waals surface area (Å²) in [7, 11) is -3.24. The van der Waals surface area contributed by atoms with Crippen molar-refractivity contribution < 1.29 is 17.9 Å². The van der Waals surface area contributed by atoms with E-state index in [1.165, 1.54) is 12.1 Å². The molecule has 0 saturated heterocycles. The SMILES string of the molecule is CCOC(=O)c1c(Cl)ccc(CS(C)(=O)=O)c1N. The van der Waals surface area contributed by atoms with Gasteiger partial charge in [0.2, 0.25) is 0 Å². The van der Waals surface area contributed by atoms with Crippen molar-refractivity contribution in [2.75, 3.05) is 18.6 Å². The molecule has 0 aliphatic carbocycles. The molecular weight excluding hydrogens is 278 g/mol. The van der Waals surface area contributed by atoms with Crippen molar-refractivity contribution in [3.05, 3.63) is 28.3 Å². The summed E-state index contributed by atoms with van der Waals surface area (Å²) in [6, 6.07) is 2.92. The van der Waals surface area contributed by atoms with Crippen LogP contribution in [0.1, 0.15) is 22.8 Å². The van der Waals surface area contributed by atoms with Gasteiger partial charge in [0.15, 0.2) is 9.84 Å². The average molecular weight is 292 g/mol. The molecule has 1 rings (SSSR count). The zero-order chi connectivity index (χ0) is 13.9. The Hall–Kier alpha value is -1.27. The second-order valence-corrected chi connectivity index (χ2v) is 6.33. The van der Waals surface area contributed by atoms with E-state index in [0.29, 0.717) is 5.56 Å². The normalized spacial score (nSPS) is 11.3. The molecule has 0 radical (unpaired) electrons. The minimum absolute atomic E-state index is 0.0136. The number of nitrogens with two attached hydrogens (primary N) is 1. The summed E-state index contributed by atoms with van der Waals surface area (Å²) in [6.45, 7) is 1.84. The monoisotopic (exact) mass is 291 g/mol. The summed E-state index contributed by atoms with van der Waals surface area (Å²) in [5, 5.41) is 0.142. The van der Waals surface area contributed by atoms with Gasteiger partial charge >= 0.3 is 5.97 Å². The molecule has 0 fully saturated rings. The minimum Gasteiger partial charge on any atom is -0.462 e. The molecule has 0 aliphatic rings. The van der Waals surface area contributed by atoms with Crippen molar-refractivity contribution in [1.29, 1.82) is 0 Å². The molecule has 7 heteroatoms. The number of benzene rings is 1. The van der Waals surface area contributed by atoms with Crippen LogP contribution in [-0.4, -0.2) is 27.2 Å². The lowest BCUT2D eigenvalue weighted by Crippen LogP contribution is -2.12. The largest absolute Gasteiger partial charge is 0.462 e. The molecule has 0 aromatic heterocycles. The molecule has 0 bridgehead atoms. The van der Waals surface area contributed by atoms with E-state index >= 15 is 0 Å². The van der Waals surface area contributed by atoms with Crippen molar-refractivity contribution in [2.24, 2.45) is 0 Å². The molecule has 0 atom stereocenters. The van der Waals surface area contributed by atoms with Crippen LogP contribution in [0.5, 0.6) is 0 Å². The summed E-state index contributed by atoms with van der Waals surface area (Å²) in [5.74, 6) is -0.905. The van der Waals surface area contributed by atoms with E-state index in [0.717, 1.165) is 6.26 Å². The van der Waals surface area contributed by atoms with Crippen LogP contribution in [0.3, 0.4) is 0 Å². The van der Waals surface area contributed by atoms with Gasteiger partial charge in [-0.1, -0.05) is 17.7 Å². The Kier molecular flexibility index (Phi) is 4.59. The fraction of sp³-hybridized carbons (Fsp3) is 0.364. The van der Waals surface area contributed by atoms with Crippen LogP contribution < -0.4 is 5.73 Å². The lowest BCUT2D eigenvalue weighted by molar-refractivity contribution is 0.0527. The third-order valence-electron chi connectivity index (χ3n) is 2.18. The van der Waals surface area contributed by atoms with E-state index in [2.05, 4.69) is 0 Å². The van der Waals surface area contributed by atoms with Crippen LogP contribution in [0, 0.1) is 0 Å². The third-order valence-corrected chi connectivity index (χ3v) is 3.33. The predicted octanol–water partition coefficient (Wildman–Crippen LogP) is 1.64. The van der Waals surface area contributed by atoms with Gasteiger partial charge in [-0.15, -0.1) is 0 Å². The standard InChI is InChI=1S/C11H14ClNO4S/c1-3-17-11(14)9-8(12)5-4-7(10(9)13)6-18(2,15)16/h4-5H,3,6,13H2,1-2H3. The molecule has 0 amide bonds. The number of rotatable bonds is 4. The Balaban J connectivity index is 3.27. The molecule has 5 nitrogen and oxygen atoms in total. The second-order valence-electron chi connectivity index (χ2n) is 3.79. The Labute approximate surface area is 111 Å². The zero-order valence-electron chi connectivity index (χ0n) is 10.1. The van der Waals surface area contributed by atoms with E-state index in [1.54, 1.807) is 6.92 Å². The highest BCUT2D eigenvalue weighted by Gasteiger charge is 2.19. The van der Waals surface area contributed by atoms with Crippen molar-refractivity contribution in [3.63, 3.8) is 0 Å². The van der Waals surface area contributed by atoms with Gasteiger partial charge in [-0.3, -0.25) is 0 Å². The number of carbonyl (C=O) groups excluding carboxylic acids is 1. The first-order valence-electron chi connectivity index (χ1n) is 5.18. The minimum atomic E-state index is -3.24. The van der Waals surface area contributed by atoms with Gasteiger partial charge in [0.05, 0.1) is 23.1 Å². The topological polar surface area (TPSA) is 86.5 Å². The van der Waals surface area contributed by atoms with Crippen molar-refractivity contribution in [1.82, 2.24) is 0 Å². The number of anilines is 1. The van der Waals surface area contributed by atoms with E-state index in [4.69, 9.17) is 22.1 Å². The van der Waals surface area contributed by atoms with Crippen molar-refractivity contribution >= 4 is 33.1 Å². The van der Waals surface area contributed by atoms with E-state index < -0.39 is 15.8 Å². The summed E-state index contributed by atoms with van der Waals surface area (Å²) in [6.07, 6.45) is 1.09. The molecule has 18 heavy (non-hydrogen) atoms. The number of hydrogen-bond donors (Lipinski definition) is 1. The first kappa shape index (κ1) is 14.8. The third kappa shape index (κ3) is 3.61. The van der Waals surface area contributed by atoms with Crippen LogP contribution in [0.25, 0.3) is 0 Å². The Morgan fingerprint density at radius 2 is 2.06 bits per heavy atom. The molecule has 0 heterocycles. The first-order valence-corrected chi connectivity index (χ1v) is 7.61. The van der Waals surface area contributed by atoms with Crippen LogP contribution in [0.4, 0.5) is 5.69 Å². The molecule has 100 valence electrons. The van der Waals surface area contributed by atoms with Crippen LogP contribution in [0.15, 0.2) is 12.1 Å². The Bertz CT molecular complexity index is 569.